The summed E-state index contributed by atoms with van der Waals surface area (Å²) < 4.78 is 0. The zero-order valence-electron chi connectivity index (χ0n) is 12.6. The van der Waals surface area contributed by atoms with Crippen LogP contribution in [0.5, 0.6) is 0 Å². The average Bonchev–Trinajstić information content (AvgIpc) is 2.84. The van der Waals surface area contributed by atoms with E-state index in [0.29, 0.717) is 22.6 Å². The molecule has 3 rings (SSSR count). The quantitative estimate of drug-likeness (QED) is 0.667. The molecule has 2 aromatic rings. The molecule has 2 aromatic carbocycles. The third-order valence-electron chi connectivity index (χ3n) is 3.36. The van der Waals surface area contributed by atoms with Crippen molar-refractivity contribution in [3.05, 3.63) is 58.1 Å². The number of hydrogen-bond donors (Lipinski definition) is 2. The lowest BCUT2D eigenvalue weighted by Gasteiger charge is -2.02. The minimum atomic E-state index is -0.525. The monoisotopic (exact) mass is 324 g/mol. The lowest BCUT2D eigenvalue weighted by atomic mass is 10.1. The van der Waals surface area contributed by atoms with Crippen LogP contribution in [0.15, 0.2) is 47.5 Å². The molecule has 24 heavy (non-hydrogen) atoms. The minimum absolute atomic E-state index is 0.112. The summed E-state index contributed by atoms with van der Waals surface area (Å²) >= 11 is 0. The molecule has 0 fully saturated rings. The summed E-state index contributed by atoms with van der Waals surface area (Å²) in [6, 6.07) is 10.7. The largest absolute Gasteiger partial charge is 0.326 e. The second-order valence-corrected chi connectivity index (χ2v) is 5.13. The van der Waals surface area contributed by atoms with Gasteiger partial charge in [0, 0.05) is 30.3 Å². The van der Waals surface area contributed by atoms with Crippen molar-refractivity contribution in [3.8, 4) is 0 Å². The number of fused-ring (bicyclic) bond motifs is 1. The second-order valence-electron chi connectivity index (χ2n) is 5.13. The molecule has 1 aliphatic heterocycles. The number of nitrogens with one attached hydrogen (secondary N) is 2. The van der Waals surface area contributed by atoms with E-state index in [1.54, 1.807) is 24.3 Å². The molecule has 0 aromatic heterocycles. The molecule has 0 unspecified atom stereocenters. The Hall–Kier alpha value is -3.55. The van der Waals surface area contributed by atoms with Gasteiger partial charge in [-0.2, -0.15) is 0 Å². The number of carbonyl (C=O) groups excluding carboxylic acids is 2. The Bertz CT molecular complexity index is 887. The molecule has 0 saturated carbocycles. The van der Waals surface area contributed by atoms with E-state index in [1.807, 2.05) is 0 Å². The number of aliphatic imine (C=N–C) groups is 1. The molecule has 8 nitrogen and oxygen atoms in total. The zero-order chi connectivity index (χ0) is 17.3. The van der Waals surface area contributed by atoms with Gasteiger partial charge in [0.25, 0.3) is 11.6 Å². The number of amides is 2. The van der Waals surface area contributed by atoms with Crippen LogP contribution < -0.4 is 10.6 Å². The number of nitro groups is 1. The highest BCUT2D eigenvalue weighted by molar-refractivity contribution is 6.54. The minimum Gasteiger partial charge on any atom is -0.326 e. The van der Waals surface area contributed by atoms with Gasteiger partial charge in [0.05, 0.1) is 16.3 Å². The van der Waals surface area contributed by atoms with Gasteiger partial charge in [0.2, 0.25) is 5.91 Å². The molecule has 2 N–H and O–H groups in total. The van der Waals surface area contributed by atoms with Gasteiger partial charge < -0.3 is 10.6 Å². The fraction of sp³-hybridized carbons (Fsp3) is 0.0625. The average molecular weight is 324 g/mol. The highest BCUT2D eigenvalue weighted by Crippen LogP contribution is 2.29. The summed E-state index contributed by atoms with van der Waals surface area (Å²) in [5, 5.41) is 16.1. The fourth-order valence-electron chi connectivity index (χ4n) is 2.32. The highest BCUT2D eigenvalue weighted by Gasteiger charge is 2.28. The van der Waals surface area contributed by atoms with Crippen LogP contribution >= 0.6 is 0 Å². The first kappa shape index (κ1) is 15.3. The molecule has 0 saturated heterocycles. The van der Waals surface area contributed by atoms with Crippen molar-refractivity contribution >= 4 is 40.3 Å². The zero-order valence-corrected chi connectivity index (χ0v) is 12.6. The second kappa shape index (κ2) is 5.92. The molecule has 0 aliphatic carbocycles. The number of carbonyl (C=O) groups is 2. The fourth-order valence-corrected chi connectivity index (χ4v) is 2.32. The number of rotatable bonds is 3. The summed E-state index contributed by atoms with van der Waals surface area (Å²) in [7, 11) is 0. The Morgan fingerprint density at radius 2 is 1.92 bits per heavy atom. The van der Waals surface area contributed by atoms with Crippen molar-refractivity contribution in [1.29, 1.82) is 0 Å². The van der Waals surface area contributed by atoms with Crippen LogP contribution in [0.1, 0.15) is 12.5 Å². The van der Waals surface area contributed by atoms with E-state index in [4.69, 9.17) is 0 Å². The molecule has 2 amide bonds. The first-order valence-corrected chi connectivity index (χ1v) is 7.00. The van der Waals surface area contributed by atoms with Crippen LogP contribution in [0.2, 0.25) is 0 Å². The number of nitrogens with zero attached hydrogens (tertiary/aromatic N) is 2. The van der Waals surface area contributed by atoms with Crippen molar-refractivity contribution in [2.24, 2.45) is 4.99 Å². The van der Waals surface area contributed by atoms with Gasteiger partial charge in [-0.3, -0.25) is 19.7 Å². The van der Waals surface area contributed by atoms with Crippen LogP contribution in [0, 0.1) is 10.1 Å². The lowest BCUT2D eigenvalue weighted by Crippen LogP contribution is -2.13. The third-order valence-corrected chi connectivity index (χ3v) is 3.36. The van der Waals surface area contributed by atoms with Crippen LogP contribution in [-0.4, -0.2) is 22.4 Å². The van der Waals surface area contributed by atoms with Gasteiger partial charge in [0.1, 0.15) is 5.71 Å². The van der Waals surface area contributed by atoms with Gasteiger partial charge in [-0.1, -0.05) is 0 Å². The van der Waals surface area contributed by atoms with E-state index in [9.17, 15) is 19.7 Å². The van der Waals surface area contributed by atoms with Gasteiger partial charge in [0.15, 0.2) is 0 Å². The smallest absolute Gasteiger partial charge is 0.275 e. The molecule has 1 heterocycles. The van der Waals surface area contributed by atoms with E-state index in [2.05, 4.69) is 15.6 Å². The summed E-state index contributed by atoms with van der Waals surface area (Å²) in [5.41, 5.74) is 1.98. The maximum absolute atomic E-state index is 12.1. The van der Waals surface area contributed by atoms with Gasteiger partial charge in [-0.25, -0.2) is 4.99 Å². The van der Waals surface area contributed by atoms with Crippen LogP contribution in [0.25, 0.3) is 0 Å². The first-order chi connectivity index (χ1) is 11.4. The summed E-state index contributed by atoms with van der Waals surface area (Å²) in [4.78, 5) is 37.7. The van der Waals surface area contributed by atoms with Crippen molar-refractivity contribution in [1.82, 2.24) is 0 Å². The Labute approximate surface area is 136 Å². The van der Waals surface area contributed by atoms with E-state index >= 15 is 0 Å². The van der Waals surface area contributed by atoms with E-state index < -0.39 is 10.8 Å². The van der Waals surface area contributed by atoms with Crippen molar-refractivity contribution < 1.29 is 14.5 Å². The number of non-ortho nitro benzene ring substituents is 1. The molecule has 120 valence electrons. The van der Waals surface area contributed by atoms with Gasteiger partial charge >= 0.3 is 0 Å². The maximum atomic E-state index is 12.1. The van der Waals surface area contributed by atoms with Crippen molar-refractivity contribution in [2.45, 2.75) is 6.92 Å². The molecular formula is C16H12N4O4. The normalized spacial score (nSPS) is 14.2. The molecule has 0 spiro atoms. The maximum Gasteiger partial charge on any atom is 0.275 e. The Balaban J connectivity index is 1.96. The molecule has 0 radical (unpaired) electrons. The van der Waals surface area contributed by atoms with E-state index in [-0.39, 0.29) is 17.3 Å². The topological polar surface area (TPSA) is 114 Å². The molecular weight excluding hydrogens is 312 g/mol. The molecule has 0 bridgehead atoms. The molecule has 8 heteroatoms. The number of hydrogen-bond acceptors (Lipinski definition) is 5. The highest BCUT2D eigenvalue weighted by atomic mass is 16.6. The van der Waals surface area contributed by atoms with Gasteiger partial charge in [-0.15, -0.1) is 0 Å². The van der Waals surface area contributed by atoms with E-state index in [1.165, 1.54) is 25.1 Å². The van der Waals surface area contributed by atoms with Crippen LogP contribution in [0.4, 0.5) is 22.7 Å². The Kier molecular flexibility index (Phi) is 3.78. The number of nitro benzene ring substituents is 1. The van der Waals surface area contributed by atoms with Crippen LogP contribution in [0.3, 0.4) is 0 Å². The Morgan fingerprint density at radius 1 is 1.21 bits per heavy atom. The van der Waals surface area contributed by atoms with Crippen LogP contribution in [-0.2, 0) is 9.59 Å². The van der Waals surface area contributed by atoms with Crippen molar-refractivity contribution in [2.75, 3.05) is 10.6 Å². The SMILES string of the molecule is CC(=O)Nc1ccc(N=C2C(=O)Nc3ccc([N+](=O)[O-])cc32)cc1. The lowest BCUT2D eigenvalue weighted by molar-refractivity contribution is -0.384. The summed E-state index contributed by atoms with van der Waals surface area (Å²) in [6.45, 7) is 1.40. The van der Waals surface area contributed by atoms with E-state index in [0.717, 1.165) is 0 Å². The first-order valence-electron chi connectivity index (χ1n) is 7.00. The summed E-state index contributed by atoms with van der Waals surface area (Å²) in [6.07, 6.45) is 0. The standard InChI is InChI=1S/C16H12N4O4/c1-9(21)17-10-2-4-11(5-3-10)18-15-13-8-12(20(23)24)6-7-14(13)19-16(15)22/h2-8H,1H3,(H,17,21)(H,18,19,22). The Morgan fingerprint density at radius 3 is 2.54 bits per heavy atom. The number of benzene rings is 2. The third kappa shape index (κ3) is 2.98. The predicted molar refractivity (Wildman–Crippen MR) is 88.7 cm³/mol. The summed E-state index contributed by atoms with van der Waals surface area (Å²) in [5.74, 6) is -0.609. The molecule has 1 aliphatic rings. The van der Waals surface area contributed by atoms with Gasteiger partial charge in [-0.05, 0) is 30.3 Å². The predicted octanol–water partition coefficient (Wildman–Crippen LogP) is 2.63. The van der Waals surface area contributed by atoms with Crippen molar-refractivity contribution in [3.63, 3.8) is 0 Å². The molecule has 0 atom stereocenters. The number of anilines is 2.